The van der Waals surface area contributed by atoms with E-state index < -0.39 is 5.60 Å². The molecule has 4 aliphatic rings. The number of rotatable bonds is 2. The van der Waals surface area contributed by atoms with E-state index in [-0.39, 0.29) is 0 Å². The summed E-state index contributed by atoms with van der Waals surface area (Å²) in [5.74, 6) is 4.30. The first kappa shape index (κ1) is 16.5. The van der Waals surface area contributed by atoms with Crippen molar-refractivity contribution < 1.29 is 4.74 Å². The van der Waals surface area contributed by atoms with Crippen LogP contribution < -0.4 is 5.32 Å². The van der Waals surface area contributed by atoms with Gasteiger partial charge in [0.05, 0.1) is 12.2 Å². The van der Waals surface area contributed by atoms with Gasteiger partial charge >= 0.3 is 6.02 Å². The Bertz CT molecular complexity index is 974. The van der Waals surface area contributed by atoms with Crippen molar-refractivity contribution in [3.8, 4) is 23.2 Å². The van der Waals surface area contributed by atoms with Crippen LogP contribution in [0.15, 0.2) is 41.7 Å². The van der Waals surface area contributed by atoms with E-state index in [1.54, 1.807) is 0 Å². The highest BCUT2D eigenvalue weighted by Gasteiger charge is 2.49. The average Bonchev–Trinajstić information content (AvgIpc) is 2.69. The lowest BCUT2D eigenvalue weighted by atomic mass is 9.75. The van der Waals surface area contributed by atoms with Crippen molar-refractivity contribution in [1.29, 1.82) is 0 Å². The number of halogens is 1. The Morgan fingerprint density at radius 2 is 2.11 bits per heavy atom. The molecule has 2 bridgehead atoms. The fourth-order valence-electron chi connectivity index (χ4n) is 4.06. The molecule has 1 aromatic carbocycles. The van der Waals surface area contributed by atoms with Crippen LogP contribution in [0.2, 0.25) is 5.02 Å². The van der Waals surface area contributed by atoms with E-state index in [0.29, 0.717) is 22.8 Å². The normalized spacial score (nSPS) is 28.1. The average molecular weight is 380 g/mol. The number of hydrogen-bond donors (Lipinski definition) is 1. The number of hydrogen-bond acceptors (Lipinski definition) is 6. The Labute approximate surface area is 162 Å². The zero-order valence-corrected chi connectivity index (χ0v) is 15.4. The van der Waals surface area contributed by atoms with Crippen molar-refractivity contribution in [1.82, 2.24) is 14.9 Å². The summed E-state index contributed by atoms with van der Waals surface area (Å²) in [6.45, 7) is 3.10. The molecule has 1 aromatic heterocycles. The predicted octanol–water partition coefficient (Wildman–Crippen LogP) is 3.02. The van der Waals surface area contributed by atoms with Gasteiger partial charge in [-0.05, 0) is 44.0 Å². The number of piperidine rings is 3. The van der Waals surface area contributed by atoms with Gasteiger partial charge in [0, 0.05) is 28.6 Å². The summed E-state index contributed by atoms with van der Waals surface area (Å²) in [5, 5.41) is 3.83. The van der Waals surface area contributed by atoms with Gasteiger partial charge in [-0.2, -0.15) is 0 Å². The first-order chi connectivity index (χ1) is 13.2. The Hall–Kier alpha value is -2.62. The Kier molecular flexibility index (Phi) is 4.00. The summed E-state index contributed by atoms with van der Waals surface area (Å²) < 4.78 is 6.26. The van der Waals surface area contributed by atoms with Gasteiger partial charge in [-0.3, -0.25) is 10.2 Å². The van der Waals surface area contributed by atoms with E-state index in [2.05, 4.69) is 37.1 Å². The highest BCUT2D eigenvalue weighted by molar-refractivity contribution is 6.30. The Morgan fingerprint density at radius 3 is 2.89 bits per heavy atom. The van der Waals surface area contributed by atoms with Crippen LogP contribution in [0.4, 0.5) is 5.82 Å². The maximum Gasteiger partial charge on any atom is 0.305 e. The summed E-state index contributed by atoms with van der Waals surface area (Å²) in [4.78, 5) is 15.2. The number of amidine groups is 1. The van der Waals surface area contributed by atoms with Gasteiger partial charge in [0.25, 0.3) is 0 Å². The molecule has 5 heterocycles. The molecule has 7 heteroatoms. The third-order valence-corrected chi connectivity index (χ3v) is 5.67. The molecule has 0 aliphatic carbocycles. The standard InChI is InChI=1S/C20H18ClN5O/c21-16-3-1-2-14(10-16)17-11-18(24-13-23-17)25-19-22-7-6-20(27-19)12-26-8-4-15(20)5-9-26/h1-3,10-11,13,15H,4-5,8-9,12H2,(H,22,23,24,25). The molecule has 1 spiro atoms. The topological polar surface area (TPSA) is 62.6 Å². The van der Waals surface area contributed by atoms with Crippen molar-refractivity contribution in [2.24, 2.45) is 10.9 Å². The molecule has 3 fully saturated rings. The van der Waals surface area contributed by atoms with Crippen LogP contribution in [0.25, 0.3) is 11.3 Å². The molecule has 0 radical (unpaired) electrons. The number of benzene rings is 1. The van der Waals surface area contributed by atoms with Crippen molar-refractivity contribution >= 4 is 23.4 Å². The van der Waals surface area contributed by atoms with Gasteiger partial charge in [-0.15, -0.1) is 4.99 Å². The zero-order chi connectivity index (χ0) is 18.3. The molecule has 1 N–H and O–H groups in total. The van der Waals surface area contributed by atoms with Crippen molar-refractivity contribution in [2.45, 2.75) is 18.4 Å². The number of aliphatic imine (C=N–C) groups is 1. The summed E-state index contributed by atoms with van der Waals surface area (Å²) >= 11 is 6.09. The van der Waals surface area contributed by atoms with Gasteiger partial charge in [-0.1, -0.05) is 23.7 Å². The van der Waals surface area contributed by atoms with E-state index in [0.717, 1.165) is 43.7 Å². The third-order valence-electron chi connectivity index (χ3n) is 5.43. The van der Waals surface area contributed by atoms with E-state index >= 15 is 0 Å². The molecule has 0 amide bonds. The molecule has 1 atom stereocenters. The molecule has 136 valence electrons. The number of nitrogens with one attached hydrogen (secondary N) is 1. The maximum absolute atomic E-state index is 6.26. The molecule has 6 rings (SSSR count). The zero-order valence-electron chi connectivity index (χ0n) is 14.7. The minimum Gasteiger partial charge on any atom is -0.443 e. The second-order valence-electron chi connectivity index (χ2n) is 7.12. The lowest BCUT2D eigenvalue weighted by Crippen LogP contribution is -2.61. The van der Waals surface area contributed by atoms with E-state index in [4.69, 9.17) is 16.3 Å². The molecular formula is C20H18ClN5O. The van der Waals surface area contributed by atoms with Crippen LogP contribution in [-0.2, 0) is 4.74 Å². The summed E-state index contributed by atoms with van der Waals surface area (Å²) in [6, 6.07) is 12.7. The quantitative estimate of drug-likeness (QED) is 0.813. The fourth-order valence-corrected chi connectivity index (χ4v) is 4.25. The summed E-state index contributed by atoms with van der Waals surface area (Å²) in [7, 11) is 0. The number of ether oxygens (including phenoxy) is 1. The van der Waals surface area contributed by atoms with Gasteiger partial charge < -0.3 is 4.74 Å². The van der Waals surface area contributed by atoms with E-state index in [1.807, 2.05) is 30.3 Å². The number of nitrogens with zero attached hydrogens (tertiary/aromatic N) is 4. The predicted molar refractivity (Wildman–Crippen MR) is 104 cm³/mol. The molecule has 4 aliphatic heterocycles. The lowest BCUT2D eigenvalue weighted by molar-refractivity contribution is -0.0630. The molecule has 2 aromatic rings. The van der Waals surface area contributed by atoms with Crippen LogP contribution in [-0.4, -0.2) is 46.1 Å². The minimum atomic E-state index is -0.455. The molecule has 6 nitrogen and oxygen atoms in total. The highest BCUT2D eigenvalue weighted by Crippen LogP contribution is 2.39. The fraction of sp³-hybridized carbons (Fsp3) is 0.350. The second-order valence-corrected chi connectivity index (χ2v) is 7.56. The summed E-state index contributed by atoms with van der Waals surface area (Å²) in [5.41, 5.74) is 1.24. The van der Waals surface area contributed by atoms with Crippen molar-refractivity contribution in [3.05, 3.63) is 41.7 Å². The lowest BCUT2D eigenvalue weighted by Gasteiger charge is -2.50. The molecule has 27 heavy (non-hydrogen) atoms. The number of anilines is 1. The first-order valence-electron chi connectivity index (χ1n) is 9.06. The van der Waals surface area contributed by atoms with Crippen LogP contribution in [0.5, 0.6) is 0 Å². The van der Waals surface area contributed by atoms with Gasteiger partial charge in [0.2, 0.25) is 0 Å². The molecule has 3 saturated heterocycles. The van der Waals surface area contributed by atoms with Crippen LogP contribution >= 0.6 is 11.6 Å². The van der Waals surface area contributed by atoms with Gasteiger partial charge in [-0.25, -0.2) is 9.97 Å². The van der Waals surface area contributed by atoms with Gasteiger partial charge in [0.1, 0.15) is 12.1 Å². The minimum absolute atomic E-state index is 0.401. The van der Waals surface area contributed by atoms with Crippen molar-refractivity contribution in [2.75, 3.05) is 25.0 Å². The van der Waals surface area contributed by atoms with Crippen LogP contribution in [0.3, 0.4) is 0 Å². The van der Waals surface area contributed by atoms with E-state index in [1.165, 1.54) is 6.33 Å². The van der Waals surface area contributed by atoms with E-state index in [9.17, 15) is 0 Å². The SMILES string of the molecule is Clc1cccc(-c2cc(NC3=NC#CC4(CN5CCC4CC5)O3)ncn2)c1. The highest BCUT2D eigenvalue weighted by atomic mass is 35.5. The number of fused-ring (bicyclic) bond motifs is 2. The Morgan fingerprint density at radius 1 is 1.22 bits per heavy atom. The van der Waals surface area contributed by atoms with Crippen LogP contribution in [0, 0.1) is 17.9 Å². The van der Waals surface area contributed by atoms with Gasteiger partial charge in [0.15, 0.2) is 5.60 Å². The molecule has 1 unspecified atom stereocenters. The number of aromatic nitrogens is 2. The first-order valence-corrected chi connectivity index (χ1v) is 9.44. The van der Waals surface area contributed by atoms with Crippen LogP contribution in [0.1, 0.15) is 12.8 Å². The smallest absolute Gasteiger partial charge is 0.305 e. The largest absolute Gasteiger partial charge is 0.443 e. The van der Waals surface area contributed by atoms with Crippen molar-refractivity contribution in [3.63, 3.8) is 0 Å². The monoisotopic (exact) mass is 379 g/mol. The molecule has 0 saturated carbocycles. The molecular weight excluding hydrogens is 362 g/mol. The summed E-state index contributed by atoms with van der Waals surface area (Å²) in [6.07, 6.45) is 3.75. The third kappa shape index (κ3) is 3.14. The Balaban J connectivity index is 1.36. The second kappa shape index (κ2) is 6.52. The maximum atomic E-state index is 6.26.